The lowest BCUT2D eigenvalue weighted by atomic mass is 10.4. The standard InChI is InChI=1S/C11H18N2O/c1-4-11(14)12-7-8-13-9(2)5-6-10(13)3/h5-6H,4,7-8H2,1-3H3,(H,12,14). The number of hydrogen-bond donors (Lipinski definition) is 1. The molecule has 1 aromatic heterocycles. The summed E-state index contributed by atoms with van der Waals surface area (Å²) in [5.74, 6) is 0.118. The maximum atomic E-state index is 11.0. The van der Waals surface area contributed by atoms with Crippen LogP contribution in [0, 0.1) is 13.8 Å². The molecule has 3 nitrogen and oxygen atoms in total. The number of hydrogen-bond acceptors (Lipinski definition) is 1. The first-order valence-electron chi connectivity index (χ1n) is 5.04. The van der Waals surface area contributed by atoms with Crippen molar-refractivity contribution in [1.29, 1.82) is 0 Å². The summed E-state index contributed by atoms with van der Waals surface area (Å²) in [6, 6.07) is 4.19. The first kappa shape index (κ1) is 10.8. The van der Waals surface area contributed by atoms with Crippen molar-refractivity contribution in [2.75, 3.05) is 6.54 Å². The Kier molecular flexibility index (Phi) is 3.74. The molecule has 0 aliphatic heterocycles. The largest absolute Gasteiger partial charge is 0.354 e. The quantitative estimate of drug-likeness (QED) is 0.776. The van der Waals surface area contributed by atoms with Gasteiger partial charge in [-0.25, -0.2) is 0 Å². The minimum Gasteiger partial charge on any atom is -0.354 e. The molecule has 0 saturated carbocycles. The monoisotopic (exact) mass is 194 g/mol. The molecule has 0 atom stereocenters. The minimum absolute atomic E-state index is 0.118. The Morgan fingerprint density at radius 3 is 2.43 bits per heavy atom. The second-order valence-corrected chi connectivity index (χ2v) is 3.47. The average Bonchev–Trinajstić information content (AvgIpc) is 2.48. The third-order valence-electron chi connectivity index (χ3n) is 2.40. The van der Waals surface area contributed by atoms with Crippen molar-refractivity contribution in [2.45, 2.75) is 33.7 Å². The van der Waals surface area contributed by atoms with Crippen LogP contribution in [0.3, 0.4) is 0 Å². The van der Waals surface area contributed by atoms with Gasteiger partial charge in [-0.1, -0.05) is 6.92 Å². The Bertz CT molecular complexity index is 296. The zero-order chi connectivity index (χ0) is 10.6. The van der Waals surface area contributed by atoms with Crippen LogP contribution in [0.1, 0.15) is 24.7 Å². The molecule has 78 valence electrons. The number of carbonyl (C=O) groups excluding carboxylic acids is 1. The van der Waals surface area contributed by atoms with Crippen LogP contribution in [0.15, 0.2) is 12.1 Å². The van der Waals surface area contributed by atoms with Gasteiger partial charge in [0.2, 0.25) is 5.91 Å². The molecule has 1 rings (SSSR count). The van der Waals surface area contributed by atoms with E-state index >= 15 is 0 Å². The molecule has 0 fully saturated rings. The van der Waals surface area contributed by atoms with Crippen LogP contribution in [-0.2, 0) is 11.3 Å². The predicted octanol–water partition coefficient (Wildman–Crippen LogP) is 1.63. The second-order valence-electron chi connectivity index (χ2n) is 3.47. The third kappa shape index (κ3) is 2.62. The fourth-order valence-corrected chi connectivity index (χ4v) is 1.48. The predicted molar refractivity (Wildman–Crippen MR) is 57.2 cm³/mol. The lowest BCUT2D eigenvalue weighted by Crippen LogP contribution is -2.26. The molecule has 14 heavy (non-hydrogen) atoms. The molecule has 1 amide bonds. The second kappa shape index (κ2) is 4.84. The molecular weight excluding hydrogens is 176 g/mol. The SMILES string of the molecule is CCC(=O)NCCn1c(C)ccc1C. The summed E-state index contributed by atoms with van der Waals surface area (Å²) in [7, 11) is 0. The van der Waals surface area contributed by atoms with E-state index in [0.717, 1.165) is 6.54 Å². The zero-order valence-corrected chi connectivity index (χ0v) is 9.13. The van der Waals surface area contributed by atoms with Crippen molar-refractivity contribution in [1.82, 2.24) is 9.88 Å². The van der Waals surface area contributed by atoms with Gasteiger partial charge in [-0.2, -0.15) is 0 Å². The molecule has 1 N–H and O–H groups in total. The van der Waals surface area contributed by atoms with Crippen LogP contribution in [0.25, 0.3) is 0 Å². The molecule has 0 bridgehead atoms. The van der Waals surface area contributed by atoms with E-state index in [-0.39, 0.29) is 5.91 Å². The van der Waals surface area contributed by atoms with E-state index in [9.17, 15) is 4.79 Å². The van der Waals surface area contributed by atoms with Crippen LogP contribution >= 0.6 is 0 Å². The summed E-state index contributed by atoms with van der Waals surface area (Å²) < 4.78 is 2.20. The summed E-state index contributed by atoms with van der Waals surface area (Å²) in [5.41, 5.74) is 2.49. The van der Waals surface area contributed by atoms with E-state index in [1.165, 1.54) is 11.4 Å². The highest BCUT2D eigenvalue weighted by Crippen LogP contribution is 2.05. The first-order chi connectivity index (χ1) is 6.65. The van der Waals surface area contributed by atoms with E-state index in [0.29, 0.717) is 13.0 Å². The Morgan fingerprint density at radius 1 is 1.36 bits per heavy atom. The van der Waals surface area contributed by atoms with Gasteiger partial charge in [0.05, 0.1) is 0 Å². The normalized spacial score (nSPS) is 10.2. The molecule has 0 radical (unpaired) electrons. The zero-order valence-electron chi connectivity index (χ0n) is 9.13. The Hall–Kier alpha value is -1.25. The van der Waals surface area contributed by atoms with E-state index in [1.54, 1.807) is 0 Å². The number of aryl methyl sites for hydroxylation is 2. The van der Waals surface area contributed by atoms with E-state index < -0.39 is 0 Å². The molecule has 0 spiro atoms. The van der Waals surface area contributed by atoms with E-state index in [2.05, 4.69) is 35.9 Å². The van der Waals surface area contributed by atoms with Gasteiger partial charge in [0.15, 0.2) is 0 Å². The van der Waals surface area contributed by atoms with Gasteiger partial charge in [0.1, 0.15) is 0 Å². The van der Waals surface area contributed by atoms with Crippen molar-refractivity contribution in [3.05, 3.63) is 23.5 Å². The van der Waals surface area contributed by atoms with Gasteiger partial charge in [-0.05, 0) is 26.0 Å². The first-order valence-corrected chi connectivity index (χ1v) is 5.04. The number of aromatic nitrogens is 1. The van der Waals surface area contributed by atoms with Crippen LogP contribution in [-0.4, -0.2) is 17.0 Å². The van der Waals surface area contributed by atoms with Gasteiger partial charge in [0, 0.05) is 30.9 Å². The molecule has 0 aromatic carbocycles. The highest BCUT2D eigenvalue weighted by Gasteiger charge is 2.01. The van der Waals surface area contributed by atoms with E-state index in [1.807, 2.05) is 6.92 Å². The van der Waals surface area contributed by atoms with Gasteiger partial charge in [-0.3, -0.25) is 4.79 Å². The Morgan fingerprint density at radius 2 is 1.93 bits per heavy atom. The molecule has 0 unspecified atom stereocenters. The highest BCUT2D eigenvalue weighted by atomic mass is 16.1. The third-order valence-corrected chi connectivity index (χ3v) is 2.40. The van der Waals surface area contributed by atoms with Crippen LogP contribution in [0.4, 0.5) is 0 Å². The molecule has 1 aromatic rings. The maximum absolute atomic E-state index is 11.0. The lowest BCUT2D eigenvalue weighted by molar-refractivity contribution is -0.120. The van der Waals surface area contributed by atoms with Gasteiger partial charge in [-0.15, -0.1) is 0 Å². The van der Waals surface area contributed by atoms with Crippen molar-refractivity contribution in [2.24, 2.45) is 0 Å². The summed E-state index contributed by atoms with van der Waals surface area (Å²) in [4.78, 5) is 11.0. The summed E-state index contributed by atoms with van der Waals surface area (Å²) in [6.45, 7) is 7.59. The van der Waals surface area contributed by atoms with Crippen molar-refractivity contribution in [3.63, 3.8) is 0 Å². The topological polar surface area (TPSA) is 34.0 Å². The molecule has 0 aliphatic rings. The molecular formula is C11H18N2O. The number of amides is 1. The molecule has 1 heterocycles. The van der Waals surface area contributed by atoms with E-state index in [4.69, 9.17) is 0 Å². The minimum atomic E-state index is 0.118. The van der Waals surface area contributed by atoms with Crippen LogP contribution < -0.4 is 5.32 Å². The van der Waals surface area contributed by atoms with Gasteiger partial charge >= 0.3 is 0 Å². The van der Waals surface area contributed by atoms with Gasteiger partial charge < -0.3 is 9.88 Å². The molecule has 0 aliphatic carbocycles. The number of nitrogens with zero attached hydrogens (tertiary/aromatic N) is 1. The summed E-state index contributed by atoms with van der Waals surface area (Å²) in [6.07, 6.45) is 0.559. The number of rotatable bonds is 4. The summed E-state index contributed by atoms with van der Waals surface area (Å²) >= 11 is 0. The average molecular weight is 194 g/mol. The fraction of sp³-hybridized carbons (Fsp3) is 0.545. The Labute approximate surface area is 85.1 Å². The summed E-state index contributed by atoms with van der Waals surface area (Å²) in [5, 5.41) is 2.87. The highest BCUT2D eigenvalue weighted by molar-refractivity contribution is 5.75. The number of carbonyl (C=O) groups is 1. The van der Waals surface area contributed by atoms with Crippen LogP contribution in [0.5, 0.6) is 0 Å². The molecule has 3 heteroatoms. The van der Waals surface area contributed by atoms with Crippen molar-refractivity contribution < 1.29 is 4.79 Å². The van der Waals surface area contributed by atoms with Gasteiger partial charge in [0.25, 0.3) is 0 Å². The molecule has 0 saturated heterocycles. The fourth-order valence-electron chi connectivity index (χ4n) is 1.48. The van der Waals surface area contributed by atoms with Crippen molar-refractivity contribution in [3.8, 4) is 0 Å². The number of nitrogens with one attached hydrogen (secondary N) is 1. The lowest BCUT2D eigenvalue weighted by Gasteiger charge is -2.09. The van der Waals surface area contributed by atoms with Crippen molar-refractivity contribution >= 4 is 5.91 Å². The smallest absolute Gasteiger partial charge is 0.219 e. The maximum Gasteiger partial charge on any atom is 0.219 e. The van der Waals surface area contributed by atoms with Crippen LogP contribution in [0.2, 0.25) is 0 Å². The Balaban J connectivity index is 2.42.